The Labute approximate surface area is 110 Å². The molecule has 1 aromatic rings. The lowest BCUT2D eigenvalue weighted by molar-refractivity contribution is -0.117. The van der Waals surface area contributed by atoms with E-state index in [0.717, 1.165) is 10.2 Å². The molecule has 17 heavy (non-hydrogen) atoms. The summed E-state index contributed by atoms with van der Waals surface area (Å²) in [5.41, 5.74) is 0.767. The molecule has 0 spiro atoms. The second-order valence-electron chi connectivity index (χ2n) is 4.10. The van der Waals surface area contributed by atoms with Crippen molar-refractivity contribution < 1.29 is 9.90 Å². The number of carbonyl (C=O) groups excluding carboxylic acids is 1. The van der Waals surface area contributed by atoms with Gasteiger partial charge in [-0.1, -0.05) is 15.9 Å². The standard InChI is InChI=1S/C12H17BrN2O2/c1-9(16)7-15(2)8-12(17)14-11-5-3-10(13)4-6-11/h3-6,9,16H,7-8H2,1-2H3,(H,14,17). The molecule has 1 unspecified atom stereocenters. The fraction of sp³-hybridized carbons (Fsp3) is 0.417. The van der Waals surface area contributed by atoms with Gasteiger partial charge in [-0.25, -0.2) is 0 Å². The van der Waals surface area contributed by atoms with Gasteiger partial charge in [0.25, 0.3) is 0 Å². The fourth-order valence-corrected chi connectivity index (χ4v) is 1.76. The van der Waals surface area contributed by atoms with Gasteiger partial charge in [-0.2, -0.15) is 0 Å². The van der Waals surface area contributed by atoms with Gasteiger partial charge in [0, 0.05) is 16.7 Å². The highest BCUT2D eigenvalue weighted by atomic mass is 79.9. The van der Waals surface area contributed by atoms with Crippen LogP contribution in [0.3, 0.4) is 0 Å². The summed E-state index contributed by atoms with van der Waals surface area (Å²) in [5.74, 6) is -0.0875. The average molecular weight is 301 g/mol. The maximum atomic E-state index is 11.6. The molecule has 4 nitrogen and oxygen atoms in total. The van der Waals surface area contributed by atoms with E-state index >= 15 is 0 Å². The van der Waals surface area contributed by atoms with E-state index in [2.05, 4.69) is 21.2 Å². The number of aliphatic hydroxyl groups is 1. The van der Waals surface area contributed by atoms with Crippen LogP contribution in [0.1, 0.15) is 6.92 Å². The van der Waals surface area contributed by atoms with Crippen LogP contribution < -0.4 is 5.32 Å². The second kappa shape index (κ2) is 6.74. The van der Waals surface area contributed by atoms with E-state index in [4.69, 9.17) is 0 Å². The lowest BCUT2D eigenvalue weighted by Crippen LogP contribution is -2.34. The third kappa shape index (κ3) is 5.81. The molecule has 0 aliphatic heterocycles. The van der Waals surface area contributed by atoms with E-state index in [9.17, 15) is 9.90 Å². The molecule has 0 radical (unpaired) electrons. The normalized spacial score (nSPS) is 12.5. The summed E-state index contributed by atoms with van der Waals surface area (Å²) in [6.45, 7) is 2.44. The summed E-state index contributed by atoms with van der Waals surface area (Å²) in [6.07, 6.45) is -0.430. The molecular formula is C12H17BrN2O2. The number of hydrogen-bond donors (Lipinski definition) is 2. The van der Waals surface area contributed by atoms with Crippen molar-refractivity contribution in [1.29, 1.82) is 0 Å². The van der Waals surface area contributed by atoms with Crippen LogP contribution in [0.5, 0.6) is 0 Å². The first-order chi connectivity index (χ1) is 7.97. The first-order valence-corrected chi connectivity index (χ1v) is 6.18. The van der Waals surface area contributed by atoms with Gasteiger partial charge in [0.15, 0.2) is 0 Å². The van der Waals surface area contributed by atoms with Gasteiger partial charge in [0.05, 0.1) is 12.6 Å². The van der Waals surface area contributed by atoms with Crippen LogP contribution in [0.15, 0.2) is 28.7 Å². The number of hydrogen-bond acceptors (Lipinski definition) is 3. The quantitative estimate of drug-likeness (QED) is 0.870. The number of halogens is 1. The van der Waals surface area contributed by atoms with Crippen molar-refractivity contribution in [1.82, 2.24) is 4.90 Å². The zero-order chi connectivity index (χ0) is 12.8. The number of carbonyl (C=O) groups is 1. The number of rotatable bonds is 5. The maximum Gasteiger partial charge on any atom is 0.238 e. The van der Waals surface area contributed by atoms with Crippen molar-refractivity contribution in [3.8, 4) is 0 Å². The highest BCUT2D eigenvalue weighted by Gasteiger charge is 2.08. The van der Waals surface area contributed by atoms with Crippen LogP contribution >= 0.6 is 15.9 Å². The summed E-state index contributed by atoms with van der Waals surface area (Å²) in [6, 6.07) is 7.40. The zero-order valence-electron chi connectivity index (χ0n) is 9.98. The number of aliphatic hydroxyl groups excluding tert-OH is 1. The molecule has 1 aromatic carbocycles. The van der Waals surface area contributed by atoms with Crippen molar-refractivity contribution in [3.63, 3.8) is 0 Å². The Morgan fingerprint density at radius 1 is 1.47 bits per heavy atom. The molecule has 1 atom stereocenters. The monoisotopic (exact) mass is 300 g/mol. The Hall–Kier alpha value is -0.910. The summed E-state index contributed by atoms with van der Waals surface area (Å²) >= 11 is 3.33. The predicted molar refractivity (Wildman–Crippen MR) is 71.9 cm³/mol. The molecule has 0 saturated heterocycles. The molecule has 5 heteroatoms. The third-order valence-corrected chi connectivity index (χ3v) is 2.65. The highest BCUT2D eigenvalue weighted by Crippen LogP contribution is 2.13. The van der Waals surface area contributed by atoms with Gasteiger partial charge in [0.1, 0.15) is 0 Å². The number of nitrogens with one attached hydrogen (secondary N) is 1. The topological polar surface area (TPSA) is 52.6 Å². The summed E-state index contributed by atoms with van der Waals surface area (Å²) < 4.78 is 0.974. The molecule has 0 saturated carbocycles. The molecule has 0 heterocycles. The lowest BCUT2D eigenvalue weighted by atomic mass is 10.3. The van der Waals surface area contributed by atoms with Crippen molar-refractivity contribution in [2.24, 2.45) is 0 Å². The Morgan fingerprint density at radius 2 is 2.06 bits per heavy atom. The number of benzene rings is 1. The minimum absolute atomic E-state index is 0.0875. The smallest absolute Gasteiger partial charge is 0.238 e. The fourth-order valence-electron chi connectivity index (χ4n) is 1.49. The number of nitrogens with zero attached hydrogens (tertiary/aromatic N) is 1. The summed E-state index contributed by atoms with van der Waals surface area (Å²) in [5, 5.41) is 12.0. The number of likely N-dealkylation sites (N-methyl/N-ethyl adjacent to an activating group) is 1. The lowest BCUT2D eigenvalue weighted by Gasteiger charge is -2.17. The van der Waals surface area contributed by atoms with Crippen LogP contribution in [0.4, 0.5) is 5.69 Å². The zero-order valence-corrected chi connectivity index (χ0v) is 11.6. The Kier molecular flexibility index (Phi) is 5.61. The van der Waals surface area contributed by atoms with Gasteiger partial charge in [-0.3, -0.25) is 9.69 Å². The van der Waals surface area contributed by atoms with Gasteiger partial charge < -0.3 is 10.4 Å². The molecule has 0 aliphatic rings. The van der Waals surface area contributed by atoms with Crippen LogP contribution in [-0.2, 0) is 4.79 Å². The molecular weight excluding hydrogens is 284 g/mol. The molecule has 0 bridgehead atoms. The van der Waals surface area contributed by atoms with E-state index in [1.54, 1.807) is 18.9 Å². The van der Waals surface area contributed by atoms with Crippen LogP contribution in [0, 0.1) is 0 Å². The SMILES string of the molecule is CC(O)CN(C)CC(=O)Nc1ccc(Br)cc1. The largest absolute Gasteiger partial charge is 0.392 e. The molecule has 2 N–H and O–H groups in total. The van der Waals surface area contributed by atoms with Crippen molar-refractivity contribution in [3.05, 3.63) is 28.7 Å². The van der Waals surface area contributed by atoms with E-state index < -0.39 is 6.10 Å². The first-order valence-electron chi connectivity index (χ1n) is 5.39. The van der Waals surface area contributed by atoms with Gasteiger partial charge in [0.2, 0.25) is 5.91 Å². The Balaban J connectivity index is 2.41. The maximum absolute atomic E-state index is 11.6. The van der Waals surface area contributed by atoms with Crippen molar-refractivity contribution >= 4 is 27.5 Å². The predicted octanol–water partition coefficient (Wildman–Crippen LogP) is 1.70. The second-order valence-corrected chi connectivity index (χ2v) is 5.02. The molecule has 1 rings (SSSR count). The minimum Gasteiger partial charge on any atom is -0.392 e. The van der Waals surface area contributed by atoms with Gasteiger partial charge in [-0.15, -0.1) is 0 Å². The van der Waals surface area contributed by atoms with Crippen molar-refractivity contribution in [2.45, 2.75) is 13.0 Å². The van der Waals surface area contributed by atoms with E-state index in [0.29, 0.717) is 6.54 Å². The van der Waals surface area contributed by atoms with E-state index in [1.165, 1.54) is 0 Å². The minimum atomic E-state index is -0.430. The molecule has 94 valence electrons. The highest BCUT2D eigenvalue weighted by molar-refractivity contribution is 9.10. The molecule has 0 aromatic heterocycles. The van der Waals surface area contributed by atoms with E-state index in [-0.39, 0.29) is 12.5 Å². The Morgan fingerprint density at radius 3 is 2.59 bits per heavy atom. The van der Waals surface area contributed by atoms with E-state index in [1.807, 2.05) is 24.3 Å². The van der Waals surface area contributed by atoms with Gasteiger partial charge in [-0.05, 0) is 38.2 Å². The number of anilines is 1. The first kappa shape index (κ1) is 14.2. The van der Waals surface area contributed by atoms with Crippen LogP contribution in [0.25, 0.3) is 0 Å². The number of amides is 1. The summed E-state index contributed by atoms with van der Waals surface area (Å²) in [7, 11) is 1.80. The summed E-state index contributed by atoms with van der Waals surface area (Å²) in [4.78, 5) is 13.4. The average Bonchev–Trinajstić information content (AvgIpc) is 2.19. The molecule has 0 aliphatic carbocycles. The van der Waals surface area contributed by atoms with Crippen LogP contribution in [0.2, 0.25) is 0 Å². The molecule has 1 amide bonds. The van der Waals surface area contributed by atoms with Crippen molar-refractivity contribution in [2.75, 3.05) is 25.5 Å². The van der Waals surface area contributed by atoms with Gasteiger partial charge >= 0.3 is 0 Å². The molecule has 0 fully saturated rings. The Bertz CT molecular complexity index is 365. The van der Waals surface area contributed by atoms with Crippen LogP contribution in [-0.4, -0.2) is 42.2 Å². The third-order valence-electron chi connectivity index (χ3n) is 2.12.